The summed E-state index contributed by atoms with van der Waals surface area (Å²) in [6.45, 7) is 7.40. The number of carbonyl (C=O) groups is 6. The SMILES string of the molecule is C[C@@H](OC(C)(C)C)[C@@H]1NC(=O)[C@H](Cc2ccccc2)NC(=O)[C@@H](Cc2c[nH]c3ccccc23)NC(=O)[C@@H](Cc2ccccc2)NC(=O)[C@@H]2CCCN2C(=O)[C@H](Cc2ccccc2)NC1=O. The average molecular weight is 882 g/mol. The summed E-state index contributed by atoms with van der Waals surface area (Å²) in [4.78, 5) is 92.9. The number of fused-ring (bicyclic) bond motifs is 2. The highest BCUT2D eigenvalue weighted by Gasteiger charge is 2.42. The summed E-state index contributed by atoms with van der Waals surface area (Å²) >= 11 is 0. The Kier molecular flexibility index (Phi) is 14.8. The molecule has 0 spiro atoms. The Morgan fingerprint density at radius 3 is 1.58 bits per heavy atom. The van der Waals surface area contributed by atoms with Crippen molar-refractivity contribution in [3.63, 3.8) is 0 Å². The Balaban J connectivity index is 1.31. The van der Waals surface area contributed by atoms with E-state index in [0.29, 0.717) is 12.8 Å². The summed E-state index contributed by atoms with van der Waals surface area (Å²) in [7, 11) is 0. The van der Waals surface area contributed by atoms with Gasteiger partial charge in [0.05, 0.1) is 11.7 Å². The fourth-order valence-electron chi connectivity index (χ4n) is 8.75. The number of hydrogen-bond acceptors (Lipinski definition) is 7. The van der Waals surface area contributed by atoms with Crippen molar-refractivity contribution in [3.05, 3.63) is 144 Å². The van der Waals surface area contributed by atoms with E-state index in [1.54, 1.807) is 13.1 Å². The minimum atomic E-state index is -1.33. The number of carbonyl (C=O) groups excluding carboxylic acids is 6. The lowest BCUT2D eigenvalue weighted by molar-refractivity contribution is -0.144. The number of nitrogens with one attached hydrogen (secondary N) is 6. The van der Waals surface area contributed by atoms with Crippen molar-refractivity contribution in [3.8, 4) is 0 Å². The monoisotopic (exact) mass is 881 g/mol. The van der Waals surface area contributed by atoms with Crippen molar-refractivity contribution in [1.29, 1.82) is 0 Å². The van der Waals surface area contributed by atoms with Crippen molar-refractivity contribution in [2.75, 3.05) is 6.54 Å². The van der Waals surface area contributed by atoms with Gasteiger partial charge in [-0.1, -0.05) is 109 Å². The van der Waals surface area contributed by atoms with Gasteiger partial charge >= 0.3 is 0 Å². The molecule has 0 saturated carbocycles. The van der Waals surface area contributed by atoms with Crippen LogP contribution in [0.15, 0.2) is 121 Å². The number of ether oxygens (including phenoxy) is 1. The number of nitrogens with zero attached hydrogens (tertiary/aromatic N) is 1. The molecule has 14 nitrogen and oxygen atoms in total. The molecule has 6 N–H and O–H groups in total. The van der Waals surface area contributed by atoms with Gasteiger partial charge in [0, 0.05) is 49.3 Å². The van der Waals surface area contributed by atoms with Gasteiger partial charge in [0.1, 0.15) is 36.3 Å². The molecular formula is C51H59N7O7. The fraction of sp³-hybridized carbons (Fsp3) is 0.373. The first kappa shape index (κ1) is 46.2. The largest absolute Gasteiger partial charge is 0.370 e. The Morgan fingerprint density at radius 2 is 1.03 bits per heavy atom. The molecule has 7 atom stereocenters. The summed E-state index contributed by atoms with van der Waals surface area (Å²) < 4.78 is 6.28. The molecule has 3 heterocycles. The lowest BCUT2D eigenvalue weighted by atomic mass is 9.99. The summed E-state index contributed by atoms with van der Waals surface area (Å²) in [5.74, 6) is -3.64. The second kappa shape index (κ2) is 20.8. The molecule has 14 heteroatoms. The van der Waals surface area contributed by atoms with Crippen LogP contribution in [-0.4, -0.2) is 99.8 Å². The topological polar surface area (TPSA) is 191 Å². The highest BCUT2D eigenvalue weighted by atomic mass is 16.5. The molecule has 2 saturated heterocycles. The van der Waals surface area contributed by atoms with Crippen LogP contribution < -0.4 is 26.6 Å². The van der Waals surface area contributed by atoms with Gasteiger partial charge in [0.15, 0.2) is 0 Å². The maximum atomic E-state index is 14.8. The first-order valence-corrected chi connectivity index (χ1v) is 22.4. The number of benzene rings is 4. The molecular weight excluding hydrogens is 823 g/mol. The maximum absolute atomic E-state index is 14.8. The van der Waals surface area contributed by atoms with Gasteiger partial charge in [0.25, 0.3) is 0 Å². The predicted molar refractivity (Wildman–Crippen MR) is 247 cm³/mol. The van der Waals surface area contributed by atoms with E-state index in [9.17, 15) is 28.8 Å². The van der Waals surface area contributed by atoms with Crippen molar-refractivity contribution in [2.24, 2.45) is 0 Å². The average Bonchev–Trinajstić information content (AvgIpc) is 3.95. The first-order chi connectivity index (χ1) is 31.2. The minimum absolute atomic E-state index is 0.0302. The van der Waals surface area contributed by atoms with E-state index >= 15 is 0 Å². The third-order valence-corrected chi connectivity index (χ3v) is 11.9. The molecule has 2 aliphatic rings. The van der Waals surface area contributed by atoms with Crippen LogP contribution in [0.1, 0.15) is 62.8 Å². The van der Waals surface area contributed by atoms with Crippen LogP contribution in [0.3, 0.4) is 0 Å². The van der Waals surface area contributed by atoms with Gasteiger partial charge < -0.3 is 41.2 Å². The number of para-hydroxylation sites is 1. The normalized spacial score (nSPS) is 23.3. The second-order valence-corrected chi connectivity index (χ2v) is 18.0. The molecule has 0 aliphatic carbocycles. The van der Waals surface area contributed by atoms with Gasteiger partial charge in [-0.2, -0.15) is 0 Å². The summed E-state index contributed by atoms with van der Waals surface area (Å²) in [6.07, 6.45) is 1.95. The van der Waals surface area contributed by atoms with Crippen LogP contribution in [0.2, 0.25) is 0 Å². The molecule has 4 aromatic carbocycles. The molecule has 340 valence electrons. The minimum Gasteiger partial charge on any atom is -0.370 e. The lowest BCUT2D eigenvalue weighted by Gasteiger charge is -2.34. The standard InChI is InChI=1S/C51H59N7O7/c1-32(65-51(2,3)4)44-49(63)56-42(29-35-21-12-7-13-22-35)50(64)58-26-16-25-43(58)48(62)55-39(27-33-17-8-5-9-18-33)45(59)54-41(30-36-31-52-38-24-15-14-23-37(36)38)46(60)53-40(47(61)57-44)28-34-19-10-6-11-20-34/h5-15,17-24,31-32,39-44,52H,16,25-30H2,1-4H3,(H,53,60)(H,54,59)(H,55,62)(H,56,63)(H,57,61)/t32-,39-,40+,41-,42+,43+,44+/m1/s1. The zero-order valence-corrected chi connectivity index (χ0v) is 37.3. The Labute approximate surface area is 379 Å². The van der Waals surface area contributed by atoms with Crippen LogP contribution in [0.5, 0.6) is 0 Å². The third-order valence-electron chi connectivity index (χ3n) is 11.9. The van der Waals surface area contributed by atoms with Crippen LogP contribution >= 0.6 is 0 Å². The van der Waals surface area contributed by atoms with Crippen LogP contribution in [-0.2, 0) is 59.2 Å². The number of H-pyrrole nitrogens is 1. The van der Waals surface area contributed by atoms with Crippen molar-refractivity contribution in [1.82, 2.24) is 36.5 Å². The molecule has 0 bridgehead atoms. The molecule has 7 rings (SSSR count). The predicted octanol–water partition coefficient (Wildman–Crippen LogP) is 4.07. The van der Waals surface area contributed by atoms with Gasteiger partial charge in [-0.15, -0.1) is 0 Å². The van der Waals surface area contributed by atoms with E-state index in [0.717, 1.165) is 33.2 Å². The van der Waals surface area contributed by atoms with Gasteiger partial charge in [-0.05, 0) is 68.9 Å². The molecule has 6 amide bonds. The van der Waals surface area contributed by atoms with E-state index < -0.39 is 83.4 Å². The maximum Gasteiger partial charge on any atom is 0.246 e. The van der Waals surface area contributed by atoms with E-state index in [-0.39, 0.29) is 32.2 Å². The van der Waals surface area contributed by atoms with E-state index in [4.69, 9.17) is 4.74 Å². The zero-order chi connectivity index (χ0) is 46.1. The third kappa shape index (κ3) is 12.1. The van der Waals surface area contributed by atoms with Gasteiger partial charge in [-0.3, -0.25) is 28.8 Å². The van der Waals surface area contributed by atoms with E-state index in [1.165, 1.54) is 4.90 Å². The Morgan fingerprint density at radius 1 is 0.569 bits per heavy atom. The fourth-order valence-corrected chi connectivity index (χ4v) is 8.75. The van der Waals surface area contributed by atoms with Crippen LogP contribution in [0.25, 0.3) is 10.9 Å². The van der Waals surface area contributed by atoms with Crippen molar-refractivity contribution >= 4 is 46.3 Å². The summed E-state index contributed by atoms with van der Waals surface area (Å²) in [6, 6.07) is 28.1. The summed E-state index contributed by atoms with van der Waals surface area (Å²) in [5, 5.41) is 15.5. The Bertz CT molecular complexity index is 2450. The van der Waals surface area contributed by atoms with Crippen molar-refractivity contribution < 1.29 is 33.5 Å². The molecule has 65 heavy (non-hydrogen) atoms. The van der Waals surface area contributed by atoms with E-state index in [2.05, 4.69) is 31.6 Å². The first-order valence-electron chi connectivity index (χ1n) is 22.4. The zero-order valence-electron chi connectivity index (χ0n) is 37.3. The smallest absolute Gasteiger partial charge is 0.246 e. The van der Waals surface area contributed by atoms with Crippen LogP contribution in [0.4, 0.5) is 0 Å². The van der Waals surface area contributed by atoms with Gasteiger partial charge in [-0.25, -0.2) is 0 Å². The lowest BCUT2D eigenvalue weighted by Crippen LogP contribution is -2.63. The molecule has 0 unspecified atom stereocenters. The Hall–Kier alpha value is -6.80. The number of amides is 6. The molecule has 5 aromatic rings. The molecule has 0 radical (unpaired) electrons. The summed E-state index contributed by atoms with van der Waals surface area (Å²) in [5.41, 5.74) is 3.09. The van der Waals surface area contributed by atoms with E-state index in [1.807, 2.05) is 136 Å². The number of aromatic amines is 1. The van der Waals surface area contributed by atoms with Crippen LogP contribution in [0, 0.1) is 0 Å². The molecule has 2 fully saturated rings. The molecule has 1 aromatic heterocycles. The van der Waals surface area contributed by atoms with Crippen molar-refractivity contribution in [2.45, 2.75) is 114 Å². The quantitative estimate of drug-likeness (QED) is 0.122. The highest BCUT2D eigenvalue weighted by molar-refractivity contribution is 5.99. The number of hydrogen-bond donors (Lipinski definition) is 6. The molecule has 2 aliphatic heterocycles. The second-order valence-electron chi connectivity index (χ2n) is 18.0. The van der Waals surface area contributed by atoms with Gasteiger partial charge in [0.2, 0.25) is 35.4 Å². The highest BCUT2D eigenvalue weighted by Crippen LogP contribution is 2.23. The number of aromatic nitrogens is 1. The number of rotatable bonds is 10.